The third-order valence-corrected chi connectivity index (χ3v) is 5.67. The van der Waals surface area contributed by atoms with Crippen LogP contribution in [0.5, 0.6) is 5.75 Å². The second-order valence-electron chi connectivity index (χ2n) is 7.37. The molecule has 0 aliphatic rings. The first kappa shape index (κ1) is 23.1. The second-order valence-corrected chi connectivity index (χ2v) is 8.67. The van der Waals surface area contributed by atoms with Crippen LogP contribution in [0.3, 0.4) is 0 Å². The molecule has 0 bridgehead atoms. The lowest BCUT2D eigenvalue weighted by Crippen LogP contribution is -2.16. The third-order valence-electron chi connectivity index (χ3n) is 4.41. The van der Waals surface area contributed by atoms with E-state index in [0.29, 0.717) is 23.4 Å². The fourth-order valence-corrected chi connectivity index (χ4v) is 3.78. The molecule has 0 aliphatic heterocycles. The molecule has 0 radical (unpaired) electrons. The van der Waals surface area contributed by atoms with Crippen LogP contribution in [0, 0.1) is 5.92 Å². The molecule has 1 aromatic carbocycles. The minimum Gasteiger partial charge on any atom is -0.486 e. The molecular weight excluding hydrogens is 434 g/mol. The molecule has 0 atom stereocenters. The van der Waals surface area contributed by atoms with Crippen molar-refractivity contribution in [3.8, 4) is 5.75 Å². The number of benzene rings is 1. The first-order valence-corrected chi connectivity index (χ1v) is 11.5. The topological polar surface area (TPSA) is 81.9 Å². The summed E-state index contributed by atoms with van der Waals surface area (Å²) >= 11 is 7.33. The maximum Gasteiger partial charge on any atom is 0.234 e. The van der Waals surface area contributed by atoms with E-state index in [-0.39, 0.29) is 16.8 Å². The molecule has 31 heavy (non-hydrogen) atoms. The average molecular weight is 460 g/mol. The van der Waals surface area contributed by atoms with Crippen LogP contribution in [0.4, 0.5) is 5.69 Å². The number of carbonyl (C=O) groups excluding carboxylic acids is 1. The molecule has 7 nitrogen and oxygen atoms in total. The number of amides is 1. The number of hydrogen-bond acceptors (Lipinski definition) is 6. The summed E-state index contributed by atoms with van der Waals surface area (Å²) in [6, 6.07) is 11.5. The Labute approximate surface area is 191 Å². The van der Waals surface area contributed by atoms with Gasteiger partial charge in [0.2, 0.25) is 5.91 Å². The molecule has 3 rings (SSSR count). The van der Waals surface area contributed by atoms with E-state index in [4.69, 9.17) is 16.3 Å². The van der Waals surface area contributed by atoms with E-state index in [9.17, 15) is 4.79 Å². The molecule has 0 aliphatic carbocycles. The molecule has 3 aromatic rings. The fourth-order valence-electron chi connectivity index (χ4n) is 2.85. The molecule has 1 N–H and O–H groups in total. The van der Waals surface area contributed by atoms with Gasteiger partial charge in [-0.05, 0) is 42.2 Å². The summed E-state index contributed by atoms with van der Waals surface area (Å²) < 4.78 is 7.93. The number of rotatable bonds is 10. The van der Waals surface area contributed by atoms with Crippen LogP contribution >= 0.6 is 23.4 Å². The lowest BCUT2D eigenvalue weighted by atomic mass is 10.2. The van der Waals surface area contributed by atoms with E-state index in [1.54, 1.807) is 18.3 Å². The number of aromatic nitrogens is 4. The largest absolute Gasteiger partial charge is 0.486 e. The smallest absolute Gasteiger partial charge is 0.234 e. The van der Waals surface area contributed by atoms with E-state index in [1.807, 2.05) is 16.7 Å². The Morgan fingerprint density at radius 3 is 2.68 bits per heavy atom. The molecule has 9 heteroatoms. The van der Waals surface area contributed by atoms with Gasteiger partial charge >= 0.3 is 0 Å². The summed E-state index contributed by atoms with van der Waals surface area (Å²) in [5.41, 5.74) is 1.75. The number of anilines is 1. The number of hydrogen-bond donors (Lipinski definition) is 1. The summed E-state index contributed by atoms with van der Waals surface area (Å²) in [5, 5.41) is 12.3. The summed E-state index contributed by atoms with van der Waals surface area (Å²) in [6.45, 7) is 7.41. The van der Waals surface area contributed by atoms with Crippen LogP contribution in [0.2, 0.25) is 5.15 Å². The number of halogens is 1. The van der Waals surface area contributed by atoms with Crippen LogP contribution in [-0.2, 0) is 24.4 Å². The van der Waals surface area contributed by atoms with E-state index in [1.165, 1.54) is 17.3 Å². The summed E-state index contributed by atoms with van der Waals surface area (Å²) in [7, 11) is 0. The predicted octanol–water partition coefficient (Wildman–Crippen LogP) is 4.85. The maximum absolute atomic E-state index is 12.3. The zero-order valence-corrected chi connectivity index (χ0v) is 19.4. The van der Waals surface area contributed by atoms with Crippen LogP contribution in [0.25, 0.3) is 0 Å². The van der Waals surface area contributed by atoms with Gasteiger partial charge in [0.05, 0.1) is 11.4 Å². The Hall–Kier alpha value is -2.58. The van der Waals surface area contributed by atoms with Crippen molar-refractivity contribution in [3.63, 3.8) is 0 Å². The van der Waals surface area contributed by atoms with Crippen molar-refractivity contribution in [1.29, 1.82) is 0 Å². The Morgan fingerprint density at radius 1 is 1.23 bits per heavy atom. The van der Waals surface area contributed by atoms with Gasteiger partial charge in [0, 0.05) is 12.7 Å². The molecule has 0 saturated heterocycles. The highest BCUT2D eigenvalue weighted by Crippen LogP contribution is 2.22. The van der Waals surface area contributed by atoms with Gasteiger partial charge in [-0.2, -0.15) is 0 Å². The third kappa shape index (κ3) is 6.70. The Morgan fingerprint density at radius 2 is 2.00 bits per heavy atom. The zero-order valence-electron chi connectivity index (χ0n) is 17.8. The highest BCUT2D eigenvalue weighted by atomic mass is 35.5. The fraction of sp³-hybridized carbons (Fsp3) is 0.364. The van der Waals surface area contributed by atoms with Crippen LogP contribution in [0.15, 0.2) is 47.8 Å². The van der Waals surface area contributed by atoms with Gasteiger partial charge in [-0.1, -0.05) is 56.3 Å². The monoisotopic (exact) mass is 459 g/mol. The minimum atomic E-state index is -0.187. The quantitative estimate of drug-likeness (QED) is 0.344. The molecule has 0 saturated carbocycles. The van der Waals surface area contributed by atoms with Crippen molar-refractivity contribution >= 4 is 35.0 Å². The van der Waals surface area contributed by atoms with Crippen molar-refractivity contribution in [2.75, 3.05) is 11.1 Å². The van der Waals surface area contributed by atoms with Crippen molar-refractivity contribution in [2.24, 2.45) is 5.92 Å². The van der Waals surface area contributed by atoms with Gasteiger partial charge in [-0.3, -0.25) is 4.79 Å². The summed E-state index contributed by atoms with van der Waals surface area (Å²) in [6.07, 6.45) is 2.56. The molecule has 2 heterocycles. The summed E-state index contributed by atoms with van der Waals surface area (Å²) in [4.78, 5) is 16.3. The second kappa shape index (κ2) is 11.2. The van der Waals surface area contributed by atoms with E-state index >= 15 is 0 Å². The SMILES string of the molecule is CCc1ccc(OCc2nnc(SCC(=O)Nc3cccnc3Cl)n2CC(C)C)cc1. The van der Waals surface area contributed by atoms with Gasteiger partial charge < -0.3 is 14.6 Å². The van der Waals surface area contributed by atoms with Crippen LogP contribution < -0.4 is 10.1 Å². The number of ether oxygens (including phenoxy) is 1. The highest BCUT2D eigenvalue weighted by Gasteiger charge is 2.16. The molecule has 1 amide bonds. The Kier molecular flexibility index (Phi) is 8.31. The van der Waals surface area contributed by atoms with Crippen molar-refractivity contribution < 1.29 is 9.53 Å². The molecule has 0 spiro atoms. The number of aryl methyl sites for hydroxylation is 1. The average Bonchev–Trinajstić information content (AvgIpc) is 3.13. The minimum absolute atomic E-state index is 0.181. The standard InChI is InChI=1S/C22H26ClN5O2S/c1-4-16-7-9-17(10-8-16)30-13-19-26-27-22(28(19)12-15(2)3)31-14-20(29)25-18-6-5-11-24-21(18)23/h5-11,15H,4,12-14H2,1-3H3,(H,25,29). The van der Waals surface area contributed by atoms with Gasteiger partial charge in [-0.25, -0.2) is 4.98 Å². The van der Waals surface area contributed by atoms with E-state index < -0.39 is 0 Å². The first-order chi connectivity index (χ1) is 15.0. The molecule has 0 fully saturated rings. The van der Waals surface area contributed by atoms with E-state index in [0.717, 1.165) is 24.5 Å². The number of pyridine rings is 1. The van der Waals surface area contributed by atoms with Crippen molar-refractivity contribution in [2.45, 2.75) is 45.5 Å². The molecule has 164 valence electrons. The van der Waals surface area contributed by atoms with Crippen LogP contribution in [-0.4, -0.2) is 31.4 Å². The number of carbonyl (C=O) groups is 1. The van der Waals surface area contributed by atoms with E-state index in [2.05, 4.69) is 53.4 Å². The highest BCUT2D eigenvalue weighted by molar-refractivity contribution is 7.99. The van der Waals surface area contributed by atoms with Gasteiger partial charge in [0.15, 0.2) is 16.1 Å². The summed E-state index contributed by atoms with van der Waals surface area (Å²) in [5.74, 6) is 1.90. The lowest BCUT2D eigenvalue weighted by Gasteiger charge is -2.13. The molecule has 2 aromatic heterocycles. The molecular formula is C22H26ClN5O2S. The van der Waals surface area contributed by atoms with Gasteiger partial charge in [-0.15, -0.1) is 10.2 Å². The number of nitrogens with zero attached hydrogens (tertiary/aromatic N) is 4. The predicted molar refractivity (Wildman–Crippen MR) is 124 cm³/mol. The maximum atomic E-state index is 12.3. The normalized spacial score (nSPS) is 11.0. The Bertz CT molecular complexity index is 1010. The molecule has 0 unspecified atom stereocenters. The zero-order chi connectivity index (χ0) is 22.2. The Balaban J connectivity index is 1.63. The number of nitrogens with one attached hydrogen (secondary N) is 1. The van der Waals surface area contributed by atoms with Gasteiger partial charge in [0.25, 0.3) is 0 Å². The van der Waals surface area contributed by atoms with Crippen molar-refractivity contribution in [1.82, 2.24) is 19.7 Å². The van der Waals surface area contributed by atoms with Crippen LogP contribution in [0.1, 0.15) is 32.2 Å². The number of thioether (sulfide) groups is 1. The van der Waals surface area contributed by atoms with Crippen molar-refractivity contribution in [3.05, 3.63) is 59.1 Å². The lowest BCUT2D eigenvalue weighted by molar-refractivity contribution is -0.113. The van der Waals surface area contributed by atoms with Gasteiger partial charge in [0.1, 0.15) is 12.4 Å². The first-order valence-electron chi connectivity index (χ1n) is 10.1.